The van der Waals surface area contributed by atoms with Crippen LogP contribution in [0.4, 0.5) is 0 Å². The van der Waals surface area contributed by atoms with Crippen LogP contribution in [0.5, 0.6) is 0 Å². The van der Waals surface area contributed by atoms with Gasteiger partial charge in [-0.15, -0.1) is 5.41 Å². The summed E-state index contributed by atoms with van der Waals surface area (Å²) in [6.07, 6.45) is 11.9. The minimum Gasteiger partial charge on any atom is -0.333 e. The summed E-state index contributed by atoms with van der Waals surface area (Å²) in [5.41, 5.74) is 1.83. The number of hydrogen-bond donors (Lipinski definition) is 0. The summed E-state index contributed by atoms with van der Waals surface area (Å²) in [4.78, 5) is 0. The number of hydrogen-bond acceptors (Lipinski definition) is 0. The molecule has 0 aliphatic heterocycles. The molecule has 0 saturated heterocycles. The van der Waals surface area contributed by atoms with Gasteiger partial charge in [0.25, 0.3) is 0 Å². The van der Waals surface area contributed by atoms with Gasteiger partial charge in [-0.25, -0.2) is 0 Å². The zero-order valence-electron chi connectivity index (χ0n) is 6.53. The molecule has 0 radical (unpaired) electrons. The van der Waals surface area contributed by atoms with Crippen molar-refractivity contribution < 1.29 is 0 Å². The van der Waals surface area contributed by atoms with Crippen LogP contribution in [0.3, 0.4) is 0 Å². The van der Waals surface area contributed by atoms with E-state index < -0.39 is 0 Å². The van der Waals surface area contributed by atoms with Gasteiger partial charge in [0.05, 0.1) is 0 Å². The average molecular weight is 392 g/mol. The van der Waals surface area contributed by atoms with Crippen LogP contribution in [0, 0.1) is 12.3 Å². The second kappa shape index (κ2) is 2.26. The van der Waals surface area contributed by atoms with Gasteiger partial charge in [0.1, 0.15) is 0 Å². The van der Waals surface area contributed by atoms with Gasteiger partial charge in [0, 0.05) is 0 Å². The van der Waals surface area contributed by atoms with Crippen LogP contribution in [0.15, 0.2) is 23.8 Å². The molecular weight excluding hydrogens is 379 g/mol. The van der Waals surface area contributed by atoms with Crippen LogP contribution in [-0.4, -0.2) is 0 Å². The van der Waals surface area contributed by atoms with E-state index in [1.54, 1.807) is 0 Å². The third kappa shape index (κ3) is 1.17. The summed E-state index contributed by atoms with van der Waals surface area (Å²) in [7, 11) is 0. The third-order valence-corrected chi connectivity index (χ3v) is 2.46. The van der Waals surface area contributed by atoms with Crippen LogP contribution in [-0.2, 0) is 0 Å². The molecule has 0 aromatic carbocycles. The molecular formula is C10H13No-. The molecule has 1 saturated carbocycles. The van der Waals surface area contributed by atoms with E-state index >= 15 is 0 Å². The normalized spacial score (nSPS) is 25.4. The van der Waals surface area contributed by atoms with Gasteiger partial charge >= 0.3 is 0 Å². The summed E-state index contributed by atoms with van der Waals surface area (Å²) < 4.78 is 0. The molecule has 0 spiro atoms. The van der Waals surface area contributed by atoms with Gasteiger partial charge in [0.15, 0.2) is 0 Å². The van der Waals surface area contributed by atoms with Crippen molar-refractivity contribution in [2.24, 2.45) is 5.41 Å². The van der Waals surface area contributed by atoms with Crippen LogP contribution in [0.25, 0.3) is 0 Å². The van der Waals surface area contributed by atoms with E-state index in [2.05, 4.69) is 25.2 Å². The van der Waals surface area contributed by atoms with E-state index in [9.17, 15) is 0 Å². The maximum atomic E-state index is 4.19. The fourth-order valence-corrected chi connectivity index (χ4v) is 1.45. The van der Waals surface area contributed by atoms with Crippen molar-refractivity contribution in [2.75, 3.05) is 0 Å². The summed E-state index contributed by atoms with van der Waals surface area (Å²) in [6, 6.07) is 0. The molecule has 0 aromatic rings. The zero-order valence-corrected chi connectivity index (χ0v) is 8.76. The molecule has 1 heteroatoms. The molecule has 0 amide bonds. The predicted octanol–water partition coefficient (Wildman–Crippen LogP) is 2.88. The Morgan fingerprint density at radius 2 is 2.00 bits per heavy atom. The molecule has 0 aromatic heterocycles. The molecule has 1 fully saturated rings. The molecule has 2 rings (SSSR count). The van der Waals surface area contributed by atoms with E-state index in [1.165, 1.54) is 31.3 Å². The molecule has 0 heterocycles. The molecule has 0 bridgehead atoms. The van der Waals surface area contributed by atoms with Crippen LogP contribution in [0.1, 0.15) is 25.7 Å². The Hall–Kier alpha value is -1.52. The van der Waals surface area contributed by atoms with E-state index in [1.807, 2.05) is 0 Å². The molecule has 11 heavy (non-hydrogen) atoms. The summed E-state index contributed by atoms with van der Waals surface area (Å²) in [5, 5.41) is 0. The van der Waals surface area contributed by atoms with E-state index in [0.717, 1.165) is 0 Å². The van der Waals surface area contributed by atoms with E-state index in [-0.39, 0.29) is 0 Å². The molecule has 0 atom stereocenters. The summed E-state index contributed by atoms with van der Waals surface area (Å²) >= 11 is 0. The molecule has 0 N–H and O–H groups in total. The Labute approximate surface area is 62.6 Å². The number of rotatable bonds is 1. The topological polar surface area (TPSA) is 0 Å². The quantitative estimate of drug-likeness (QED) is 0.603. The van der Waals surface area contributed by atoms with Gasteiger partial charge in [-0.05, 0) is 12.8 Å². The fourth-order valence-electron chi connectivity index (χ4n) is 1.45. The van der Waals surface area contributed by atoms with Crippen molar-refractivity contribution in [1.29, 1.82) is 0 Å². The van der Waals surface area contributed by atoms with Gasteiger partial charge in [-0.2, -0.15) is 0 Å². The second-order valence-corrected chi connectivity index (χ2v) is 3.42. The van der Waals surface area contributed by atoms with Crippen LogP contribution in [0.2, 0.25) is 0 Å². The Balaban J connectivity index is 0.000000605. The first kappa shape index (κ1) is 7.59. The van der Waals surface area contributed by atoms with Gasteiger partial charge in [0.2, 0.25) is 0 Å². The largest absolute Gasteiger partial charge is 0.333 e. The summed E-state index contributed by atoms with van der Waals surface area (Å²) in [6.45, 7) is 4.19. The monoisotopic (exact) mass is 392 g/mol. The van der Waals surface area contributed by atoms with Crippen LogP contribution >= 0.6 is 0 Å². The van der Waals surface area contributed by atoms with Crippen molar-refractivity contribution in [1.82, 2.24) is 0 Å². The first-order valence-electron chi connectivity index (χ1n) is 4.04. The summed E-state index contributed by atoms with van der Waals surface area (Å²) in [5.74, 6) is 0. The maximum absolute atomic E-state index is 4.19. The van der Waals surface area contributed by atoms with Gasteiger partial charge in [-0.3, -0.25) is 0 Å². The van der Waals surface area contributed by atoms with Crippen molar-refractivity contribution in [3.8, 4) is 0 Å². The third-order valence-electron chi connectivity index (χ3n) is 2.46. The Morgan fingerprint density at radius 1 is 1.27 bits per heavy atom. The Morgan fingerprint density at radius 3 is 2.45 bits per heavy atom. The smallest absolute Gasteiger partial charge is 0 e. The first-order valence-corrected chi connectivity index (χ1v) is 4.04. The average Bonchev–Trinajstić information content (AvgIpc) is 2.72. The van der Waals surface area contributed by atoms with Crippen LogP contribution < -0.4 is 0 Å². The van der Waals surface area contributed by atoms with E-state index in [4.69, 9.17) is 0 Å². The number of allylic oxidation sites excluding steroid dienone is 4. The molecule has 2 aliphatic rings. The Bertz CT molecular complexity index is 197. The predicted molar refractivity (Wildman–Crippen MR) is 43.5 cm³/mol. The Kier molecular flexibility index (Phi) is 1.56. The second-order valence-electron chi connectivity index (χ2n) is 3.42. The first-order chi connectivity index (χ1) is 4.81. The molecule has 68 valence electrons. The zero-order chi connectivity index (χ0) is 7.03. The van der Waals surface area contributed by atoms with Crippen molar-refractivity contribution >= 4 is 0 Å². The van der Waals surface area contributed by atoms with Crippen molar-refractivity contribution in [3.05, 3.63) is 30.7 Å². The maximum Gasteiger partial charge on any atom is 0 e. The van der Waals surface area contributed by atoms with Crippen molar-refractivity contribution in [2.45, 2.75) is 25.7 Å². The van der Waals surface area contributed by atoms with E-state index in [0.29, 0.717) is 5.41 Å². The molecule has 0 nitrogen and oxygen atoms in total. The van der Waals surface area contributed by atoms with Gasteiger partial charge < -0.3 is 6.92 Å². The standard InChI is InChI=1S/C10H13.No/c1-10(7-8-10)9-5-3-2-4-6-9;/h3,5-6H,1-2,4,7-8H2;/q-1;. The minimum atomic E-state index is 0. The SMILES string of the molecule is [CH2-]C1(C2=CCCC=C2)CC1.[No]. The molecule has 0 unspecified atom stereocenters. The van der Waals surface area contributed by atoms with Crippen molar-refractivity contribution in [3.63, 3.8) is 0 Å². The minimum absolute atomic E-state index is 0. The molecule has 2 aliphatic carbocycles. The van der Waals surface area contributed by atoms with Gasteiger partial charge in [-0.1, -0.05) is 36.6 Å². The fraction of sp³-hybridized carbons (Fsp3) is 0.500.